The summed E-state index contributed by atoms with van der Waals surface area (Å²) in [7, 11) is 0. The summed E-state index contributed by atoms with van der Waals surface area (Å²) >= 11 is 0. The van der Waals surface area contributed by atoms with Gasteiger partial charge in [-0.2, -0.15) is 18.3 Å². The van der Waals surface area contributed by atoms with Crippen LogP contribution in [0.5, 0.6) is 0 Å². The lowest BCUT2D eigenvalue weighted by Crippen LogP contribution is -2.38. The Labute approximate surface area is 218 Å². The SMILES string of the molecule is O=C(Nc1ccccc1)c1cnn2c(C3CCCN(CC4CCCCC4)C3)ccnc12.O=C(O)C(F)(F)F. The molecule has 1 saturated carbocycles. The third-order valence-electron chi connectivity index (χ3n) is 7.11. The average molecular weight is 532 g/mol. The van der Waals surface area contributed by atoms with Crippen molar-refractivity contribution in [3.8, 4) is 0 Å². The molecule has 1 aliphatic carbocycles. The number of anilines is 1. The first-order valence-electron chi connectivity index (χ1n) is 12.9. The molecule has 2 N–H and O–H groups in total. The molecule has 3 heterocycles. The Morgan fingerprint density at radius 2 is 1.74 bits per heavy atom. The van der Waals surface area contributed by atoms with Crippen LogP contribution in [0.15, 0.2) is 48.8 Å². The van der Waals surface area contributed by atoms with Crippen LogP contribution >= 0.6 is 0 Å². The van der Waals surface area contributed by atoms with Gasteiger partial charge in [-0.15, -0.1) is 0 Å². The van der Waals surface area contributed by atoms with E-state index < -0.39 is 12.1 Å². The molecule has 1 amide bonds. The quantitative estimate of drug-likeness (QED) is 0.459. The molecule has 3 aromatic rings. The van der Waals surface area contributed by atoms with E-state index >= 15 is 0 Å². The van der Waals surface area contributed by atoms with E-state index in [0.29, 0.717) is 17.1 Å². The number of rotatable bonds is 5. The Morgan fingerprint density at radius 1 is 1.03 bits per heavy atom. The third kappa shape index (κ3) is 7.09. The molecular weight excluding hydrogens is 499 g/mol. The highest BCUT2D eigenvalue weighted by atomic mass is 19.4. The van der Waals surface area contributed by atoms with E-state index in [4.69, 9.17) is 9.90 Å². The predicted octanol–water partition coefficient (Wildman–Crippen LogP) is 5.37. The number of halogens is 3. The fourth-order valence-corrected chi connectivity index (χ4v) is 5.30. The number of carboxylic acids is 1. The Morgan fingerprint density at radius 3 is 2.42 bits per heavy atom. The summed E-state index contributed by atoms with van der Waals surface area (Å²) in [6.45, 7) is 3.50. The number of aliphatic carboxylic acids is 1. The minimum absolute atomic E-state index is 0.173. The van der Waals surface area contributed by atoms with Gasteiger partial charge < -0.3 is 15.3 Å². The molecule has 2 fully saturated rings. The molecule has 2 aliphatic rings. The van der Waals surface area contributed by atoms with Gasteiger partial charge in [-0.25, -0.2) is 14.3 Å². The van der Waals surface area contributed by atoms with Crippen LogP contribution in [0.25, 0.3) is 5.65 Å². The van der Waals surface area contributed by atoms with Crippen molar-refractivity contribution < 1.29 is 27.9 Å². The number of likely N-dealkylation sites (tertiary alicyclic amines) is 1. The second-order valence-corrected chi connectivity index (χ2v) is 9.89. The van der Waals surface area contributed by atoms with Gasteiger partial charge >= 0.3 is 12.1 Å². The standard InChI is InChI=1S/C25H31N5O.C2HF3O2/c31-25(28-21-11-5-2-6-12-21)22-16-27-30-23(13-14-26-24(22)30)20-10-7-15-29(18-20)17-19-8-3-1-4-9-19;3-2(4,5)1(6)7/h2,5-6,11-14,16,19-20H,1,3-4,7-10,15,17-18H2,(H,28,31);(H,6,7). The van der Waals surface area contributed by atoms with Crippen molar-refractivity contribution in [2.75, 3.05) is 25.0 Å². The molecule has 2 aromatic heterocycles. The van der Waals surface area contributed by atoms with Crippen molar-refractivity contribution in [3.63, 3.8) is 0 Å². The first-order valence-corrected chi connectivity index (χ1v) is 12.9. The number of benzene rings is 1. The molecular formula is C27H32F3N5O3. The van der Waals surface area contributed by atoms with Gasteiger partial charge in [0.15, 0.2) is 5.65 Å². The van der Waals surface area contributed by atoms with Gasteiger partial charge in [-0.05, 0) is 56.3 Å². The fraction of sp³-hybridized carbons (Fsp3) is 0.481. The van der Waals surface area contributed by atoms with Crippen LogP contribution in [0.2, 0.25) is 0 Å². The summed E-state index contributed by atoms with van der Waals surface area (Å²) in [4.78, 5) is 28.9. The fourth-order valence-electron chi connectivity index (χ4n) is 5.30. The molecule has 0 spiro atoms. The second-order valence-electron chi connectivity index (χ2n) is 9.89. The molecule has 38 heavy (non-hydrogen) atoms. The predicted molar refractivity (Wildman–Crippen MR) is 136 cm³/mol. The zero-order valence-electron chi connectivity index (χ0n) is 21.0. The third-order valence-corrected chi connectivity index (χ3v) is 7.11. The van der Waals surface area contributed by atoms with Crippen LogP contribution < -0.4 is 5.32 Å². The molecule has 11 heteroatoms. The number of hydrogen-bond acceptors (Lipinski definition) is 5. The number of alkyl halides is 3. The summed E-state index contributed by atoms with van der Waals surface area (Å²) in [6, 6.07) is 11.6. The van der Waals surface area contributed by atoms with E-state index in [1.807, 2.05) is 41.0 Å². The number of aromatic nitrogens is 3. The van der Waals surface area contributed by atoms with Crippen LogP contribution in [0.3, 0.4) is 0 Å². The van der Waals surface area contributed by atoms with E-state index in [1.54, 1.807) is 6.20 Å². The van der Waals surface area contributed by atoms with E-state index in [0.717, 1.165) is 30.3 Å². The number of piperidine rings is 1. The van der Waals surface area contributed by atoms with Crippen LogP contribution in [-0.2, 0) is 4.79 Å². The van der Waals surface area contributed by atoms with Crippen molar-refractivity contribution in [1.29, 1.82) is 0 Å². The molecule has 1 atom stereocenters. The van der Waals surface area contributed by atoms with Crippen molar-refractivity contribution >= 4 is 23.2 Å². The number of carbonyl (C=O) groups is 2. The van der Waals surface area contributed by atoms with Crippen molar-refractivity contribution in [2.24, 2.45) is 5.92 Å². The lowest BCUT2D eigenvalue weighted by molar-refractivity contribution is -0.192. The number of fused-ring (bicyclic) bond motifs is 1. The molecule has 0 bridgehead atoms. The van der Waals surface area contributed by atoms with Gasteiger partial charge in [0.05, 0.1) is 11.9 Å². The Kier molecular flexibility index (Phi) is 8.98. The topological polar surface area (TPSA) is 99.8 Å². The zero-order valence-corrected chi connectivity index (χ0v) is 21.0. The van der Waals surface area contributed by atoms with Gasteiger partial charge in [0, 0.05) is 30.9 Å². The lowest BCUT2D eigenvalue weighted by atomic mass is 9.87. The monoisotopic (exact) mass is 531 g/mol. The highest BCUT2D eigenvalue weighted by Crippen LogP contribution is 2.30. The van der Waals surface area contributed by atoms with E-state index in [9.17, 15) is 18.0 Å². The molecule has 1 unspecified atom stereocenters. The minimum Gasteiger partial charge on any atom is -0.475 e. The first-order chi connectivity index (χ1) is 18.2. The molecule has 5 rings (SSSR count). The molecule has 1 aliphatic heterocycles. The van der Waals surface area contributed by atoms with Crippen LogP contribution in [-0.4, -0.2) is 62.3 Å². The molecule has 1 aromatic carbocycles. The maximum absolute atomic E-state index is 12.8. The zero-order chi connectivity index (χ0) is 27.1. The highest BCUT2D eigenvalue weighted by Gasteiger charge is 2.38. The normalized spacial score (nSPS) is 19.0. The molecule has 8 nitrogen and oxygen atoms in total. The van der Waals surface area contributed by atoms with Crippen LogP contribution in [0, 0.1) is 5.92 Å². The van der Waals surface area contributed by atoms with Gasteiger partial charge in [0.1, 0.15) is 5.56 Å². The van der Waals surface area contributed by atoms with Crippen molar-refractivity contribution in [1.82, 2.24) is 19.5 Å². The summed E-state index contributed by atoms with van der Waals surface area (Å²) in [5.41, 5.74) is 3.08. The van der Waals surface area contributed by atoms with Gasteiger partial charge in [-0.3, -0.25) is 4.79 Å². The average Bonchev–Trinajstić information content (AvgIpc) is 3.34. The number of amides is 1. The second kappa shape index (κ2) is 12.4. The Hall–Kier alpha value is -3.47. The first kappa shape index (κ1) is 27.6. The van der Waals surface area contributed by atoms with Gasteiger partial charge in [0.25, 0.3) is 5.91 Å². The maximum Gasteiger partial charge on any atom is 0.490 e. The van der Waals surface area contributed by atoms with Crippen LogP contribution in [0.4, 0.5) is 18.9 Å². The summed E-state index contributed by atoms with van der Waals surface area (Å²) in [6.07, 6.45) is 7.74. The van der Waals surface area contributed by atoms with Gasteiger partial charge in [0.2, 0.25) is 0 Å². The largest absolute Gasteiger partial charge is 0.490 e. The van der Waals surface area contributed by atoms with E-state index in [1.165, 1.54) is 51.6 Å². The smallest absolute Gasteiger partial charge is 0.475 e. The Bertz CT molecular complexity index is 1230. The minimum atomic E-state index is -5.08. The molecule has 0 radical (unpaired) electrons. The van der Waals surface area contributed by atoms with Crippen molar-refractivity contribution in [3.05, 3.63) is 60.0 Å². The number of nitrogens with one attached hydrogen (secondary N) is 1. The number of nitrogens with zero attached hydrogens (tertiary/aromatic N) is 4. The van der Waals surface area contributed by atoms with E-state index in [2.05, 4.69) is 26.4 Å². The molecule has 1 saturated heterocycles. The summed E-state index contributed by atoms with van der Waals surface area (Å²) in [5.74, 6) is -1.64. The molecule has 204 valence electrons. The number of carbonyl (C=O) groups excluding carboxylic acids is 1. The summed E-state index contributed by atoms with van der Waals surface area (Å²) < 4.78 is 33.6. The number of carboxylic acid groups (broad SMARTS) is 1. The Balaban J connectivity index is 0.000000426. The lowest BCUT2D eigenvalue weighted by Gasteiger charge is -2.36. The summed E-state index contributed by atoms with van der Waals surface area (Å²) in [5, 5.41) is 14.6. The maximum atomic E-state index is 12.8. The number of hydrogen-bond donors (Lipinski definition) is 2. The highest BCUT2D eigenvalue weighted by molar-refractivity contribution is 6.08. The van der Waals surface area contributed by atoms with Gasteiger partial charge in [-0.1, -0.05) is 37.5 Å². The van der Waals surface area contributed by atoms with Crippen LogP contribution in [0.1, 0.15) is 66.9 Å². The van der Waals surface area contributed by atoms with Crippen molar-refractivity contribution in [2.45, 2.75) is 57.0 Å². The van der Waals surface area contributed by atoms with E-state index in [-0.39, 0.29) is 5.91 Å². The number of para-hydroxylation sites is 1.